The first kappa shape index (κ1) is 14.8. The van der Waals surface area contributed by atoms with E-state index < -0.39 is 0 Å². The Kier molecular flexibility index (Phi) is 5.77. The van der Waals surface area contributed by atoms with Crippen molar-refractivity contribution in [3.8, 4) is 0 Å². The van der Waals surface area contributed by atoms with Crippen LogP contribution in [0, 0.1) is 5.92 Å². The van der Waals surface area contributed by atoms with Crippen molar-refractivity contribution in [2.45, 2.75) is 20.1 Å². The molecule has 1 N–H and O–H groups in total. The third-order valence-electron chi connectivity index (χ3n) is 2.99. The van der Waals surface area contributed by atoms with Gasteiger partial charge in [-0.25, -0.2) is 0 Å². The molecule has 0 amide bonds. The Hall–Kier alpha value is -1.65. The summed E-state index contributed by atoms with van der Waals surface area (Å²) in [5, 5.41) is 7.43. The molecule has 106 valence electrons. The van der Waals surface area contributed by atoms with Gasteiger partial charge in [0.25, 0.3) is 0 Å². The molecule has 0 fully saturated rings. The number of carbonyl (C=O) groups is 1. The van der Waals surface area contributed by atoms with Crippen LogP contribution in [0.15, 0.2) is 47.2 Å². The zero-order chi connectivity index (χ0) is 14.2. The summed E-state index contributed by atoms with van der Waals surface area (Å²) in [6.45, 7) is 3.64. The van der Waals surface area contributed by atoms with Crippen LogP contribution in [0.5, 0.6) is 0 Å². The van der Waals surface area contributed by atoms with Gasteiger partial charge >= 0.3 is 5.97 Å². The van der Waals surface area contributed by atoms with Gasteiger partial charge in [-0.15, -0.1) is 0 Å². The average Bonchev–Trinajstić information content (AvgIpc) is 2.99. The van der Waals surface area contributed by atoms with E-state index in [2.05, 4.69) is 22.1 Å². The molecular weight excluding hydrogens is 270 g/mol. The second-order valence-corrected chi connectivity index (χ2v) is 5.54. The van der Waals surface area contributed by atoms with Crippen molar-refractivity contribution in [3.63, 3.8) is 0 Å². The van der Waals surface area contributed by atoms with Crippen LogP contribution in [0.25, 0.3) is 0 Å². The van der Waals surface area contributed by atoms with Gasteiger partial charge in [0.15, 0.2) is 0 Å². The number of rotatable bonds is 7. The number of esters is 1. The van der Waals surface area contributed by atoms with Crippen molar-refractivity contribution in [3.05, 3.63) is 58.3 Å². The molecule has 1 atom stereocenters. The van der Waals surface area contributed by atoms with Gasteiger partial charge in [-0.1, -0.05) is 37.3 Å². The van der Waals surface area contributed by atoms with Crippen molar-refractivity contribution in [1.82, 2.24) is 5.32 Å². The van der Waals surface area contributed by atoms with Crippen molar-refractivity contribution in [2.75, 3.05) is 6.54 Å². The molecule has 0 aliphatic rings. The lowest BCUT2D eigenvalue weighted by Crippen LogP contribution is -2.27. The van der Waals surface area contributed by atoms with Crippen LogP contribution >= 0.6 is 11.3 Å². The van der Waals surface area contributed by atoms with E-state index in [1.165, 1.54) is 5.56 Å². The monoisotopic (exact) mass is 289 g/mol. The summed E-state index contributed by atoms with van der Waals surface area (Å²) in [4.78, 5) is 11.8. The predicted molar refractivity (Wildman–Crippen MR) is 81.4 cm³/mol. The van der Waals surface area contributed by atoms with E-state index in [1.54, 1.807) is 11.3 Å². The molecule has 0 aliphatic heterocycles. The Bertz CT molecular complexity index is 511. The third kappa shape index (κ3) is 4.79. The summed E-state index contributed by atoms with van der Waals surface area (Å²) in [7, 11) is 0. The summed E-state index contributed by atoms with van der Waals surface area (Å²) >= 11 is 1.68. The minimum atomic E-state index is -0.160. The Morgan fingerprint density at radius 2 is 2.05 bits per heavy atom. The molecule has 2 aromatic rings. The van der Waals surface area contributed by atoms with E-state index in [9.17, 15) is 4.79 Å². The highest BCUT2D eigenvalue weighted by molar-refractivity contribution is 7.07. The van der Waals surface area contributed by atoms with Crippen LogP contribution < -0.4 is 5.32 Å². The zero-order valence-electron chi connectivity index (χ0n) is 11.5. The molecule has 0 aliphatic carbocycles. The molecule has 0 bridgehead atoms. The lowest BCUT2D eigenvalue weighted by atomic mass is 10.2. The van der Waals surface area contributed by atoms with Crippen molar-refractivity contribution in [1.29, 1.82) is 0 Å². The number of hydrogen-bond acceptors (Lipinski definition) is 4. The summed E-state index contributed by atoms with van der Waals surface area (Å²) in [6.07, 6.45) is 0. The number of thiophene rings is 1. The largest absolute Gasteiger partial charge is 0.461 e. The Labute approximate surface area is 123 Å². The third-order valence-corrected chi connectivity index (χ3v) is 3.72. The van der Waals surface area contributed by atoms with E-state index in [0.29, 0.717) is 13.2 Å². The highest BCUT2D eigenvalue weighted by atomic mass is 32.1. The lowest BCUT2D eigenvalue weighted by molar-refractivity contribution is -0.149. The molecule has 1 unspecified atom stereocenters. The van der Waals surface area contributed by atoms with E-state index in [1.807, 2.05) is 37.3 Å². The van der Waals surface area contributed by atoms with Crippen LogP contribution in [0.1, 0.15) is 18.1 Å². The van der Waals surface area contributed by atoms with Gasteiger partial charge in [-0.05, 0) is 28.0 Å². The molecule has 0 spiro atoms. The number of ether oxygens (including phenoxy) is 1. The summed E-state index contributed by atoms with van der Waals surface area (Å²) in [5.74, 6) is -0.302. The number of hydrogen-bond donors (Lipinski definition) is 1. The minimum Gasteiger partial charge on any atom is -0.461 e. The molecule has 4 heteroatoms. The second-order valence-electron chi connectivity index (χ2n) is 4.76. The molecule has 0 radical (unpaired) electrons. The molecule has 1 heterocycles. The van der Waals surface area contributed by atoms with Crippen LogP contribution in [-0.4, -0.2) is 12.5 Å². The SMILES string of the molecule is CC(CNCc1ccsc1)C(=O)OCc1ccccc1. The van der Waals surface area contributed by atoms with E-state index in [-0.39, 0.29) is 11.9 Å². The lowest BCUT2D eigenvalue weighted by Gasteiger charge is -2.12. The molecule has 2 rings (SSSR count). The van der Waals surface area contributed by atoms with Gasteiger partial charge in [-0.3, -0.25) is 4.79 Å². The predicted octanol–water partition coefficient (Wildman–Crippen LogP) is 3.22. The summed E-state index contributed by atoms with van der Waals surface area (Å²) in [6, 6.07) is 11.8. The fourth-order valence-corrected chi connectivity index (χ4v) is 2.45. The van der Waals surface area contributed by atoms with E-state index in [4.69, 9.17) is 4.74 Å². The molecule has 0 saturated heterocycles. The molecule has 1 aromatic carbocycles. The van der Waals surface area contributed by atoms with Crippen LogP contribution in [0.2, 0.25) is 0 Å². The topological polar surface area (TPSA) is 38.3 Å². The van der Waals surface area contributed by atoms with Crippen molar-refractivity contribution in [2.24, 2.45) is 5.92 Å². The van der Waals surface area contributed by atoms with E-state index >= 15 is 0 Å². The van der Waals surface area contributed by atoms with Crippen LogP contribution in [0.3, 0.4) is 0 Å². The molecule has 3 nitrogen and oxygen atoms in total. The fourth-order valence-electron chi connectivity index (χ4n) is 1.78. The number of carbonyl (C=O) groups excluding carboxylic acids is 1. The number of benzene rings is 1. The average molecular weight is 289 g/mol. The van der Waals surface area contributed by atoms with Gasteiger partial charge < -0.3 is 10.1 Å². The van der Waals surface area contributed by atoms with E-state index in [0.717, 1.165) is 12.1 Å². The first-order chi connectivity index (χ1) is 9.75. The first-order valence-electron chi connectivity index (χ1n) is 6.68. The Balaban J connectivity index is 1.66. The van der Waals surface area contributed by atoms with Gasteiger partial charge in [0.2, 0.25) is 0 Å². The Morgan fingerprint density at radius 1 is 1.25 bits per heavy atom. The van der Waals surface area contributed by atoms with Crippen LogP contribution in [0.4, 0.5) is 0 Å². The maximum Gasteiger partial charge on any atom is 0.310 e. The van der Waals surface area contributed by atoms with Crippen molar-refractivity contribution < 1.29 is 9.53 Å². The summed E-state index contributed by atoms with van der Waals surface area (Å²) < 4.78 is 5.30. The smallest absolute Gasteiger partial charge is 0.310 e. The second kappa shape index (κ2) is 7.82. The highest BCUT2D eigenvalue weighted by Crippen LogP contribution is 2.07. The molecular formula is C16H19NO2S. The maximum absolute atomic E-state index is 11.8. The quantitative estimate of drug-likeness (QED) is 0.795. The van der Waals surface area contributed by atoms with Gasteiger partial charge in [0.1, 0.15) is 6.61 Å². The summed E-state index contributed by atoms with van der Waals surface area (Å²) in [5.41, 5.74) is 2.26. The highest BCUT2D eigenvalue weighted by Gasteiger charge is 2.14. The minimum absolute atomic E-state index is 0.141. The fraction of sp³-hybridized carbons (Fsp3) is 0.312. The van der Waals surface area contributed by atoms with Crippen LogP contribution in [-0.2, 0) is 22.7 Å². The first-order valence-corrected chi connectivity index (χ1v) is 7.62. The van der Waals surface area contributed by atoms with Crippen molar-refractivity contribution >= 4 is 17.3 Å². The standard InChI is InChI=1S/C16H19NO2S/c1-13(9-17-10-15-7-8-20-12-15)16(18)19-11-14-5-3-2-4-6-14/h2-8,12-13,17H,9-11H2,1H3. The molecule has 1 aromatic heterocycles. The maximum atomic E-state index is 11.8. The Morgan fingerprint density at radius 3 is 2.75 bits per heavy atom. The van der Waals surface area contributed by atoms with Gasteiger partial charge in [0, 0.05) is 13.1 Å². The van der Waals surface area contributed by atoms with Gasteiger partial charge in [-0.2, -0.15) is 11.3 Å². The normalized spacial score (nSPS) is 12.1. The number of nitrogens with one attached hydrogen (secondary N) is 1. The van der Waals surface area contributed by atoms with Gasteiger partial charge in [0.05, 0.1) is 5.92 Å². The molecule has 0 saturated carbocycles. The molecule has 20 heavy (non-hydrogen) atoms. The zero-order valence-corrected chi connectivity index (χ0v) is 12.4.